The first-order valence-corrected chi connectivity index (χ1v) is 9.84. The molecule has 5 heteroatoms. The van der Waals surface area contributed by atoms with E-state index in [4.69, 9.17) is 9.47 Å². The predicted octanol–water partition coefficient (Wildman–Crippen LogP) is 2.93. The molecule has 0 radical (unpaired) electrons. The van der Waals surface area contributed by atoms with E-state index < -0.39 is 0 Å². The number of fused-ring (bicyclic) bond motifs is 1. The minimum atomic E-state index is 0.0841. The van der Waals surface area contributed by atoms with Crippen LogP contribution in [0.25, 0.3) is 10.8 Å². The van der Waals surface area contributed by atoms with Gasteiger partial charge < -0.3 is 14.4 Å². The molecule has 2 aromatic rings. The number of amides is 1. The lowest BCUT2D eigenvalue weighted by molar-refractivity contribution is -0.142. The van der Waals surface area contributed by atoms with E-state index in [1.165, 1.54) is 18.2 Å². The van der Waals surface area contributed by atoms with Crippen molar-refractivity contribution in [1.29, 1.82) is 0 Å². The fraction of sp³-hybridized carbons (Fsp3) is 0.500. The van der Waals surface area contributed by atoms with Gasteiger partial charge in [0.2, 0.25) is 0 Å². The highest BCUT2D eigenvalue weighted by Gasteiger charge is 2.47. The largest absolute Gasteiger partial charge is 0.484 e. The van der Waals surface area contributed by atoms with Crippen LogP contribution in [0.4, 0.5) is 0 Å². The van der Waals surface area contributed by atoms with Gasteiger partial charge >= 0.3 is 0 Å². The summed E-state index contributed by atoms with van der Waals surface area (Å²) in [7, 11) is 1.74. The summed E-state index contributed by atoms with van der Waals surface area (Å²) in [6, 6.07) is 14.1. The standard InChI is InChI=1S/C22H28N2O3/c1-26-14-13-24-12-10-22(24)9-4-11-23(17-22)21(25)16-27-20-8-7-18-5-2-3-6-19(18)15-20/h2-3,5-8,15H,4,9-14,16-17H2,1H3. The van der Waals surface area contributed by atoms with Crippen molar-refractivity contribution in [3.63, 3.8) is 0 Å². The van der Waals surface area contributed by atoms with Crippen LogP contribution in [0.3, 0.4) is 0 Å². The van der Waals surface area contributed by atoms with Gasteiger partial charge in [0.25, 0.3) is 5.91 Å². The molecular weight excluding hydrogens is 340 g/mol. The van der Waals surface area contributed by atoms with Crippen molar-refractivity contribution in [3.8, 4) is 5.75 Å². The predicted molar refractivity (Wildman–Crippen MR) is 106 cm³/mol. The van der Waals surface area contributed by atoms with Gasteiger partial charge in [-0.1, -0.05) is 30.3 Å². The second-order valence-electron chi connectivity index (χ2n) is 7.67. The van der Waals surface area contributed by atoms with E-state index in [1.807, 2.05) is 35.2 Å². The van der Waals surface area contributed by atoms with Gasteiger partial charge in [-0.3, -0.25) is 9.69 Å². The SMILES string of the molecule is COCCN1CCC12CCCN(C(=O)COc1ccc3ccccc3c1)C2. The molecule has 27 heavy (non-hydrogen) atoms. The van der Waals surface area contributed by atoms with Crippen LogP contribution in [-0.2, 0) is 9.53 Å². The number of hydrogen-bond acceptors (Lipinski definition) is 4. The van der Waals surface area contributed by atoms with E-state index in [0.717, 1.165) is 50.3 Å². The number of benzene rings is 2. The molecule has 2 aliphatic heterocycles. The topological polar surface area (TPSA) is 42.0 Å². The maximum absolute atomic E-state index is 12.7. The van der Waals surface area contributed by atoms with Crippen LogP contribution >= 0.6 is 0 Å². The van der Waals surface area contributed by atoms with Crippen molar-refractivity contribution in [2.24, 2.45) is 0 Å². The third kappa shape index (κ3) is 3.80. The molecule has 0 aliphatic carbocycles. The summed E-state index contributed by atoms with van der Waals surface area (Å²) in [5.41, 5.74) is 0.162. The third-order valence-electron chi connectivity index (χ3n) is 6.07. The minimum absolute atomic E-state index is 0.0841. The molecule has 2 saturated heterocycles. The van der Waals surface area contributed by atoms with E-state index in [9.17, 15) is 4.79 Å². The molecule has 1 spiro atoms. The number of likely N-dealkylation sites (tertiary alicyclic amines) is 2. The van der Waals surface area contributed by atoms with E-state index >= 15 is 0 Å². The van der Waals surface area contributed by atoms with Gasteiger partial charge in [-0.05, 0) is 42.2 Å². The van der Waals surface area contributed by atoms with Crippen LogP contribution in [0, 0.1) is 0 Å². The van der Waals surface area contributed by atoms with E-state index in [-0.39, 0.29) is 18.1 Å². The summed E-state index contributed by atoms with van der Waals surface area (Å²) in [6.45, 7) is 4.56. The molecular formula is C22H28N2O3. The molecule has 2 aromatic carbocycles. The molecule has 0 saturated carbocycles. The Labute approximate surface area is 160 Å². The Balaban J connectivity index is 1.35. The quantitative estimate of drug-likeness (QED) is 0.786. The molecule has 2 fully saturated rings. The van der Waals surface area contributed by atoms with E-state index in [0.29, 0.717) is 0 Å². The van der Waals surface area contributed by atoms with Crippen LogP contribution in [0.15, 0.2) is 42.5 Å². The van der Waals surface area contributed by atoms with Crippen molar-refractivity contribution >= 4 is 16.7 Å². The summed E-state index contributed by atoms with van der Waals surface area (Å²) in [6.07, 6.45) is 3.41. The first kappa shape index (κ1) is 18.3. The molecule has 0 aromatic heterocycles. The number of ether oxygens (including phenoxy) is 2. The van der Waals surface area contributed by atoms with Gasteiger partial charge in [-0.25, -0.2) is 0 Å². The second kappa shape index (κ2) is 7.87. The molecule has 0 N–H and O–H groups in total. The summed E-state index contributed by atoms with van der Waals surface area (Å²) < 4.78 is 11.0. The van der Waals surface area contributed by atoms with Crippen LogP contribution in [0.2, 0.25) is 0 Å². The van der Waals surface area contributed by atoms with E-state index in [2.05, 4.69) is 17.0 Å². The van der Waals surface area contributed by atoms with Crippen molar-refractivity contribution in [3.05, 3.63) is 42.5 Å². The highest BCUT2D eigenvalue weighted by atomic mass is 16.5. The van der Waals surface area contributed by atoms with E-state index in [1.54, 1.807) is 7.11 Å². The fourth-order valence-electron chi connectivity index (χ4n) is 4.42. The average Bonchev–Trinajstić information content (AvgIpc) is 2.71. The number of carbonyl (C=O) groups is 1. The number of nitrogens with zero attached hydrogens (tertiary/aromatic N) is 2. The molecule has 5 nitrogen and oxygen atoms in total. The first-order chi connectivity index (χ1) is 13.2. The molecule has 1 atom stereocenters. The highest BCUT2D eigenvalue weighted by Crippen LogP contribution is 2.38. The zero-order valence-electron chi connectivity index (χ0n) is 16.0. The maximum atomic E-state index is 12.7. The van der Waals surface area contributed by atoms with Crippen molar-refractivity contribution in [1.82, 2.24) is 9.80 Å². The van der Waals surface area contributed by atoms with Crippen LogP contribution < -0.4 is 4.74 Å². The Morgan fingerprint density at radius 2 is 1.96 bits per heavy atom. The lowest BCUT2D eigenvalue weighted by Gasteiger charge is -2.57. The number of rotatable bonds is 6. The number of methoxy groups -OCH3 is 1. The summed E-state index contributed by atoms with van der Waals surface area (Å²) in [5.74, 6) is 0.833. The monoisotopic (exact) mass is 368 g/mol. The van der Waals surface area contributed by atoms with Gasteiger partial charge in [0, 0.05) is 38.8 Å². The molecule has 2 aliphatic rings. The number of piperidine rings is 1. The summed E-state index contributed by atoms with van der Waals surface area (Å²) >= 11 is 0. The van der Waals surface area contributed by atoms with Gasteiger partial charge in [-0.2, -0.15) is 0 Å². The van der Waals surface area contributed by atoms with Crippen LogP contribution in [0.5, 0.6) is 5.75 Å². The zero-order valence-corrected chi connectivity index (χ0v) is 16.0. The minimum Gasteiger partial charge on any atom is -0.484 e. The Hall–Kier alpha value is -2.11. The lowest BCUT2D eigenvalue weighted by Crippen LogP contribution is -2.68. The van der Waals surface area contributed by atoms with Crippen molar-refractivity contribution in [2.45, 2.75) is 24.8 Å². The Morgan fingerprint density at radius 3 is 2.74 bits per heavy atom. The number of carbonyl (C=O) groups excluding carboxylic acids is 1. The average molecular weight is 368 g/mol. The molecule has 0 bridgehead atoms. The first-order valence-electron chi connectivity index (χ1n) is 9.84. The van der Waals surface area contributed by atoms with Crippen LogP contribution in [-0.4, -0.2) is 67.7 Å². The molecule has 1 amide bonds. The second-order valence-corrected chi connectivity index (χ2v) is 7.67. The smallest absolute Gasteiger partial charge is 0.260 e. The Morgan fingerprint density at radius 1 is 1.11 bits per heavy atom. The highest BCUT2D eigenvalue weighted by molar-refractivity contribution is 5.84. The Bertz CT molecular complexity index is 809. The van der Waals surface area contributed by atoms with Gasteiger partial charge in [0.05, 0.1) is 6.61 Å². The lowest BCUT2D eigenvalue weighted by atomic mass is 9.77. The molecule has 1 unspecified atom stereocenters. The van der Waals surface area contributed by atoms with Gasteiger partial charge in [-0.15, -0.1) is 0 Å². The van der Waals surface area contributed by atoms with Gasteiger partial charge in [0.1, 0.15) is 5.75 Å². The third-order valence-corrected chi connectivity index (χ3v) is 6.07. The number of hydrogen-bond donors (Lipinski definition) is 0. The van der Waals surface area contributed by atoms with Crippen molar-refractivity contribution in [2.75, 3.05) is 46.5 Å². The Kier molecular flexibility index (Phi) is 5.32. The summed E-state index contributed by atoms with van der Waals surface area (Å²) in [4.78, 5) is 17.2. The fourth-order valence-corrected chi connectivity index (χ4v) is 4.42. The molecule has 144 valence electrons. The summed E-state index contributed by atoms with van der Waals surface area (Å²) in [5, 5.41) is 2.30. The zero-order chi connectivity index (χ0) is 18.7. The van der Waals surface area contributed by atoms with Gasteiger partial charge in [0.15, 0.2) is 6.61 Å². The van der Waals surface area contributed by atoms with Crippen LogP contribution in [0.1, 0.15) is 19.3 Å². The van der Waals surface area contributed by atoms with Crippen molar-refractivity contribution < 1.29 is 14.3 Å². The molecule has 2 heterocycles. The molecule has 4 rings (SSSR count). The maximum Gasteiger partial charge on any atom is 0.260 e. The normalized spacial score (nSPS) is 22.8.